The van der Waals surface area contributed by atoms with Crippen LogP contribution in [0, 0.1) is 12.7 Å². The average Bonchev–Trinajstić information content (AvgIpc) is 3.09. The molecule has 0 spiro atoms. The van der Waals surface area contributed by atoms with Gasteiger partial charge in [-0.2, -0.15) is 0 Å². The van der Waals surface area contributed by atoms with Crippen molar-refractivity contribution >= 4 is 5.97 Å². The Morgan fingerprint density at radius 1 is 1.15 bits per heavy atom. The molecule has 3 rings (SSSR count). The standard InChI is InChI=1S/C22H23FN2O2/c1-5-27-20(26)19-14-25(16-12-10-15(2)11-13-16)21(24-19)22(3,4)17-8-6-7-9-18(17)23/h6-14H,5H2,1-4H3. The van der Waals surface area contributed by atoms with Crippen LogP contribution in [0.3, 0.4) is 0 Å². The number of benzene rings is 2. The Morgan fingerprint density at radius 2 is 1.81 bits per heavy atom. The lowest BCUT2D eigenvalue weighted by atomic mass is 9.83. The van der Waals surface area contributed by atoms with Gasteiger partial charge in [-0.15, -0.1) is 0 Å². The summed E-state index contributed by atoms with van der Waals surface area (Å²) >= 11 is 0. The lowest BCUT2D eigenvalue weighted by Gasteiger charge is -2.26. The van der Waals surface area contributed by atoms with Gasteiger partial charge in [-0.05, 0) is 45.9 Å². The zero-order valence-corrected chi connectivity index (χ0v) is 16.0. The normalized spacial score (nSPS) is 11.4. The Hall–Kier alpha value is -2.95. The summed E-state index contributed by atoms with van der Waals surface area (Å²) in [6, 6.07) is 14.5. The smallest absolute Gasteiger partial charge is 0.358 e. The van der Waals surface area contributed by atoms with E-state index in [1.807, 2.05) is 49.6 Å². The maximum absolute atomic E-state index is 14.5. The van der Waals surface area contributed by atoms with Crippen molar-refractivity contribution in [3.63, 3.8) is 0 Å². The van der Waals surface area contributed by atoms with E-state index in [-0.39, 0.29) is 18.1 Å². The molecule has 0 aliphatic rings. The molecule has 0 amide bonds. The summed E-state index contributed by atoms with van der Waals surface area (Å²) in [7, 11) is 0. The van der Waals surface area contributed by atoms with E-state index >= 15 is 0 Å². The predicted octanol–water partition coefficient (Wildman–Crippen LogP) is 4.82. The van der Waals surface area contributed by atoms with Crippen molar-refractivity contribution in [1.29, 1.82) is 0 Å². The number of nitrogens with zero attached hydrogens (tertiary/aromatic N) is 2. The first-order chi connectivity index (χ1) is 12.8. The number of aryl methyl sites for hydroxylation is 1. The van der Waals surface area contributed by atoms with E-state index < -0.39 is 11.4 Å². The summed E-state index contributed by atoms with van der Waals surface area (Å²) in [5.41, 5.74) is 1.93. The lowest BCUT2D eigenvalue weighted by Crippen LogP contribution is -2.25. The Balaban J connectivity index is 2.19. The Morgan fingerprint density at radius 3 is 2.44 bits per heavy atom. The summed E-state index contributed by atoms with van der Waals surface area (Å²) in [5.74, 6) is -0.230. The number of rotatable bonds is 5. The molecule has 0 saturated carbocycles. The number of hydrogen-bond donors (Lipinski definition) is 0. The molecule has 0 unspecified atom stereocenters. The zero-order valence-electron chi connectivity index (χ0n) is 16.0. The largest absolute Gasteiger partial charge is 0.461 e. The number of aromatic nitrogens is 2. The van der Waals surface area contributed by atoms with Crippen molar-refractivity contribution in [3.8, 4) is 5.69 Å². The van der Waals surface area contributed by atoms with E-state index in [2.05, 4.69) is 4.98 Å². The molecule has 0 saturated heterocycles. The molecule has 0 radical (unpaired) electrons. The Kier molecular flexibility index (Phi) is 5.13. The van der Waals surface area contributed by atoms with E-state index in [1.165, 1.54) is 6.07 Å². The van der Waals surface area contributed by atoms with Crippen molar-refractivity contribution in [1.82, 2.24) is 9.55 Å². The fraction of sp³-hybridized carbons (Fsp3) is 0.273. The third kappa shape index (κ3) is 3.63. The molecule has 0 bridgehead atoms. The van der Waals surface area contributed by atoms with Crippen LogP contribution >= 0.6 is 0 Å². The van der Waals surface area contributed by atoms with Crippen molar-refractivity contribution in [3.05, 3.63) is 83.2 Å². The Labute approximate surface area is 158 Å². The summed E-state index contributed by atoms with van der Waals surface area (Å²) in [6.07, 6.45) is 1.65. The highest BCUT2D eigenvalue weighted by Crippen LogP contribution is 2.34. The van der Waals surface area contributed by atoms with Gasteiger partial charge in [0.1, 0.15) is 11.6 Å². The molecule has 1 heterocycles. The molecule has 0 atom stereocenters. The number of hydrogen-bond acceptors (Lipinski definition) is 3. The Bertz CT molecular complexity index is 959. The number of esters is 1. The van der Waals surface area contributed by atoms with Crippen LogP contribution in [-0.2, 0) is 10.2 Å². The lowest BCUT2D eigenvalue weighted by molar-refractivity contribution is 0.0520. The van der Waals surface area contributed by atoms with Crippen LogP contribution in [-0.4, -0.2) is 22.1 Å². The SMILES string of the molecule is CCOC(=O)c1cn(-c2ccc(C)cc2)c(C(C)(C)c2ccccc2F)n1. The first-order valence-electron chi connectivity index (χ1n) is 8.93. The van der Waals surface area contributed by atoms with Crippen LogP contribution in [0.15, 0.2) is 54.7 Å². The van der Waals surface area contributed by atoms with Gasteiger partial charge in [0.2, 0.25) is 0 Å². The summed E-state index contributed by atoms with van der Waals surface area (Å²) < 4.78 is 21.5. The molecule has 0 fully saturated rings. The van der Waals surface area contributed by atoms with Gasteiger partial charge in [-0.1, -0.05) is 35.9 Å². The van der Waals surface area contributed by atoms with Crippen LogP contribution in [0.2, 0.25) is 0 Å². The third-order valence-corrected chi connectivity index (χ3v) is 4.61. The molecule has 4 nitrogen and oxygen atoms in total. The second-order valence-electron chi connectivity index (χ2n) is 6.98. The maximum atomic E-state index is 14.5. The molecule has 27 heavy (non-hydrogen) atoms. The monoisotopic (exact) mass is 366 g/mol. The fourth-order valence-corrected chi connectivity index (χ4v) is 3.12. The van der Waals surface area contributed by atoms with Crippen LogP contribution < -0.4 is 0 Å². The van der Waals surface area contributed by atoms with Crippen molar-refractivity contribution in [2.75, 3.05) is 6.61 Å². The summed E-state index contributed by atoms with van der Waals surface area (Å²) in [6.45, 7) is 7.81. The van der Waals surface area contributed by atoms with Gasteiger partial charge in [0.05, 0.1) is 12.0 Å². The van der Waals surface area contributed by atoms with Gasteiger partial charge >= 0.3 is 5.97 Å². The first-order valence-corrected chi connectivity index (χ1v) is 8.93. The molecule has 0 aliphatic heterocycles. The van der Waals surface area contributed by atoms with Crippen LogP contribution in [0.4, 0.5) is 4.39 Å². The van der Waals surface area contributed by atoms with Crippen LogP contribution in [0.5, 0.6) is 0 Å². The summed E-state index contributed by atoms with van der Waals surface area (Å²) in [4.78, 5) is 16.8. The first kappa shape index (κ1) is 18.8. The van der Waals surface area contributed by atoms with Crippen molar-refractivity contribution in [2.24, 2.45) is 0 Å². The van der Waals surface area contributed by atoms with Gasteiger partial charge in [-0.3, -0.25) is 0 Å². The molecule has 3 aromatic rings. The quantitative estimate of drug-likeness (QED) is 0.608. The van der Waals surface area contributed by atoms with Gasteiger partial charge < -0.3 is 9.30 Å². The second kappa shape index (κ2) is 7.35. The number of halogens is 1. The predicted molar refractivity (Wildman–Crippen MR) is 103 cm³/mol. The highest BCUT2D eigenvalue weighted by molar-refractivity contribution is 5.87. The van der Waals surface area contributed by atoms with Gasteiger partial charge in [0.25, 0.3) is 0 Å². The molecule has 0 aliphatic carbocycles. The van der Waals surface area contributed by atoms with E-state index in [0.29, 0.717) is 11.4 Å². The van der Waals surface area contributed by atoms with Crippen molar-refractivity contribution < 1.29 is 13.9 Å². The molecule has 2 aromatic carbocycles. The minimum Gasteiger partial charge on any atom is -0.461 e. The summed E-state index contributed by atoms with van der Waals surface area (Å²) in [5, 5.41) is 0. The highest BCUT2D eigenvalue weighted by atomic mass is 19.1. The van der Waals surface area contributed by atoms with Gasteiger partial charge in [-0.25, -0.2) is 14.2 Å². The molecular formula is C22H23FN2O2. The molecule has 5 heteroatoms. The third-order valence-electron chi connectivity index (χ3n) is 4.61. The minimum atomic E-state index is -0.763. The minimum absolute atomic E-state index is 0.205. The number of ether oxygens (including phenoxy) is 1. The highest BCUT2D eigenvalue weighted by Gasteiger charge is 2.33. The fourth-order valence-electron chi connectivity index (χ4n) is 3.12. The molecule has 1 aromatic heterocycles. The molecule has 140 valence electrons. The van der Waals surface area contributed by atoms with Crippen LogP contribution in [0.25, 0.3) is 5.69 Å². The van der Waals surface area contributed by atoms with Gasteiger partial charge in [0, 0.05) is 17.4 Å². The van der Waals surface area contributed by atoms with Crippen molar-refractivity contribution in [2.45, 2.75) is 33.1 Å². The zero-order chi connectivity index (χ0) is 19.6. The topological polar surface area (TPSA) is 44.1 Å². The van der Waals surface area contributed by atoms with E-state index in [1.54, 1.807) is 31.3 Å². The maximum Gasteiger partial charge on any atom is 0.358 e. The number of carbonyl (C=O) groups is 1. The number of carbonyl (C=O) groups excluding carboxylic acids is 1. The average molecular weight is 366 g/mol. The number of imidazole rings is 1. The van der Waals surface area contributed by atoms with E-state index in [9.17, 15) is 9.18 Å². The molecule has 0 N–H and O–H groups in total. The van der Waals surface area contributed by atoms with Gasteiger partial charge in [0.15, 0.2) is 5.69 Å². The molecular weight excluding hydrogens is 343 g/mol. The van der Waals surface area contributed by atoms with E-state index in [0.717, 1.165) is 11.3 Å². The van der Waals surface area contributed by atoms with Crippen LogP contribution in [0.1, 0.15) is 48.2 Å². The van der Waals surface area contributed by atoms with E-state index in [4.69, 9.17) is 4.74 Å². The second-order valence-corrected chi connectivity index (χ2v) is 6.98.